The van der Waals surface area contributed by atoms with Crippen LogP contribution in [0.2, 0.25) is 0 Å². The summed E-state index contributed by atoms with van der Waals surface area (Å²) < 4.78 is 33.7. The summed E-state index contributed by atoms with van der Waals surface area (Å²) in [6.45, 7) is 6.39. The maximum absolute atomic E-state index is 13.3. The third kappa shape index (κ3) is 5.86. The van der Waals surface area contributed by atoms with Gasteiger partial charge in [0.05, 0.1) is 17.0 Å². The highest BCUT2D eigenvalue weighted by Crippen LogP contribution is 2.26. The Morgan fingerprint density at radius 3 is 2.51 bits per heavy atom. The summed E-state index contributed by atoms with van der Waals surface area (Å²) in [5, 5.41) is 1.92. The van der Waals surface area contributed by atoms with Crippen LogP contribution in [-0.4, -0.2) is 61.0 Å². The summed E-state index contributed by atoms with van der Waals surface area (Å²) in [4.78, 5) is 14.9. The van der Waals surface area contributed by atoms with E-state index in [0.717, 1.165) is 35.5 Å². The van der Waals surface area contributed by atoms with Crippen LogP contribution in [0.1, 0.15) is 49.4 Å². The van der Waals surface area contributed by atoms with Crippen LogP contribution in [-0.2, 0) is 10.0 Å². The second kappa shape index (κ2) is 11.2. The molecule has 2 aromatic carbocycles. The predicted molar refractivity (Wildman–Crippen MR) is 137 cm³/mol. The summed E-state index contributed by atoms with van der Waals surface area (Å²) in [6, 6.07) is 13.1. The fraction of sp³-hybridized carbons (Fsp3) is 0.423. The second-order valence-corrected chi connectivity index (χ2v) is 10.8. The topological polar surface area (TPSA) is 97.9 Å². The predicted octanol–water partition coefficient (Wildman–Crippen LogP) is 3.86. The molecule has 0 unspecified atom stereocenters. The number of hydrogen-bond acceptors (Lipinski definition) is 6. The zero-order valence-electron chi connectivity index (χ0n) is 20.2. The Morgan fingerprint density at radius 1 is 1.06 bits per heavy atom. The van der Waals surface area contributed by atoms with Crippen LogP contribution in [0, 0.1) is 0 Å². The van der Waals surface area contributed by atoms with Gasteiger partial charge in [-0.3, -0.25) is 9.80 Å². The first kappa shape index (κ1) is 25.2. The van der Waals surface area contributed by atoms with E-state index in [9.17, 15) is 13.2 Å². The number of ether oxygens (including phenoxy) is 1. The quantitative estimate of drug-likeness (QED) is 0.197. The van der Waals surface area contributed by atoms with Crippen LogP contribution < -0.4 is 10.6 Å². The first-order valence-electron chi connectivity index (χ1n) is 12.3. The maximum atomic E-state index is 13.3. The number of aromatic nitrogens is 1. The highest BCUT2D eigenvalue weighted by Gasteiger charge is 2.20. The normalized spacial score (nSPS) is 14.8. The van der Waals surface area contributed by atoms with Gasteiger partial charge < -0.3 is 9.64 Å². The smallest absolute Gasteiger partial charge is 0.268 e. The number of carbonyl (C=O) groups excluding carboxylic acids is 1. The molecule has 0 saturated carbocycles. The molecule has 35 heavy (non-hydrogen) atoms. The number of rotatable bonds is 10. The lowest BCUT2D eigenvalue weighted by Gasteiger charge is -2.26. The van der Waals surface area contributed by atoms with Gasteiger partial charge in [-0.25, -0.2) is 18.2 Å². The van der Waals surface area contributed by atoms with Crippen LogP contribution in [0.25, 0.3) is 10.9 Å². The molecule has 1 saturated heterocycles. The zero-order chi connectivity index (χ0) is 24.8. The third-order valence-electron chi connectivity index (χ3n) is 6.35. The Kier molecular flexibility index (Phi) is 8.10. The van der Waals surface area contributed by atoms with Crippen molar-refractivity contribution < 1.29 is 17.9 Å². The van der Waals surface area contributed by atoms with E-state index in [0.29, 0.717) is 24.2 Å². The van der Waals surface area contributed by atoms with Crippen molar-refractivity contribution in [3.63, 3.8) is 0 Å². The molecule has 188 valence electrons. The largest absolute Gasteiger partial charge is 0.494 e. The Balaban J connectivity index is 1.43. The van der Waals surface area contributed by atoms with Crippen molar-refractivity contribution in [2.45, 2.75) is 43.9 Å². The van der Waals surface area contributed by atoms with Gasteiger partial charge in [-0.05, 0) is 87.3 Å². The minimum atomic E-state index is -3.83. The van der Waals surface area contributed by atoms with Gasteiger partial charge in [0.15, 0.2) is 0 Å². The van der Waals surface area contributed by atoms with E-state index < -0.39 is 10.0 Å². The molecule has 1 fully saturated rings. The molecule has 4 rings (SSSR count). The maximum Gasteiger partial charge on any atom is 0.268 e. The highest BCUT2D eigenvalue weighted by atomic mass is 32.2. The van der Waals surface area contributed by atoms with Crippen LogP contribution in [0.3, 0.4) is 0 Å². The Morgan fingerprint density at radius 2 is 1.80 bits per heavy atom. The van der Waals surface area contributed by atoms with Crippen molar-refractivity contribution in [1.29, 1.82) is 0 Å². The minimum absolute atomic E-state index is 0.101. The average molecular weight is 499 g/mol. The van der Waals surface area contributed by atoms with Crippen LogP contribution in [0.5, 0.6) is 5.75 Å². The lowest BCUT2D eigenvalue weighted by atomic mass is 10.1. The van der Waals surface area contributed by atoms with E-state index in [-0.39, 0.29) is 10.8 Å². The van der Waals surface area contributed by atoms with Gasteiger partial charge in [0, 0.05) is 30.2 Å². The molecular formula is C26H34N4O4S. The number of amides is 1. The molecule has 8 nitrogen and oxygen atoms in total. The van der Waals surface area contributed by atoms with Crippen molar-refractivity contribution in [2.75, 3.05) is 32.8 Å². The first-order chi connectivity index (χ1) is 16.9. The number of fused-ring (bicyclic) bond motifs is 1. The summed E-state index contributed by atoms with van der Waals surface area (Å²) in [5.41, 5.74) is 0.918. The zero-order valence-corrected chi connectivity index (χ0v) is 21.0. The fourth-order valence-electron chi connectivity index (χ4n) is 4.45. The Hall–Kier alpha value is -2.88. The molecular weight excluding hydrogens is 464 g/mol. The van der Waals surface area contributed by atoms with Gasteiger partial charge in [-0.1, -0.05) is 13.3 Å². The number of benzene rings is 2. The number of piperidine rings is 1. The van der Waals surface area contributed by atoms with E-state index in [1.165, 1.54) is 60.6 Å². The molecule has 1 aliphatic rings. The molecule has 0 radical (unpaired) electrons. The van der Waals surface area contributed by atoms with E-state index in [4.69, 9.17) is 10.6 Å². The lowest BCUT2D eigenvalue weighted by molar-refractivity contribution is 0.0755. The number of nitrogens with zero attached hydrogens (tertiary/aromatic N) is 3. The monoisotopic (exact) mass is 498 g/mol. The standard InChI is InChI=1S/C26H34N4O4S/c1-2-14-29(27)26(31)21-7-10-24(11-8-21)35(32,33)30-18-13-22-20-23(9-12-25(22)30)34-19-6-17-28-15-4-3-5-16-28/h7-13,18,20H,2-6,14-17,19,27H2,1H3. The number of likely N-dealkylation sites (tertiary alicyclic amines) is 1. The number of nitrogens with two attached hydrogens (primary N) is 1. The van der Waals surface area contributed by atoms with Crippen LogP contribution >= 0.6 is 0 Å². The molecule has 0 bridgehead atoms. The average Bonchev–Trinajstić information content (AvgIpc) is 3.31. The number of hydrazine groups is 1. The SMILES string of the molecule is CCCN(N)C(=O)c1ccc(S(=O)(=O)n2ccc3cc(OCCCN4CCCCC4)ccc32)cc1. The van der Waals surface area contributed by atoms with Crippen LogP contribution in [0.15, 0.2) is 59.6 Å². The van der Waals surface area contributed by atoms with Crippen molar-refractivity contribution >= 4 is 26.8 Å². The van der Waals surface area contributed by atoms with Gasteiger partial charge in [0.2, 0.25) is 0 Å². The molecule has 0 spiro atoms. The minimum Gasteiger partial charge on any atom is -0.494 e. The van der Waals surface area contributed by atoms with Gasteiger partial charge in [-0.15, -0.1) is 0 Å². The Bertz CT molecular complexity index is 1250. The van der Waals surface area contributed by atoms with Crippen molar-refractivity contribution in [1.82, 2.24) is 13.9 Å². The van der Waals surface area contributed by atoms with Crippen molar-refractivity contribution in [3.8, 4) is 5.75 Å². The lowest BCUT2D eigenvalue weighted by Crippen LogP contribution is -2.37. The summed E-state index contributed by atoms with van der Waals surface area (Å²) in [7, 11) is -3.83. The molecule has 1 aliphatic heterocycles. The van der Waals surface area contributed by atoms with E-state index >= 15 is 0 Å². The molecule has 3 aromatic rings. The van der Waals surface area contributed by atoms with Gasteiger partial charge in [0.25, 0.3) is 15.9 Å². The third-order valence-corrected chi connectivity index (χ3v) is 8.05. The summed E-state index contributed by atoms with van der Waals surface area (Å²) in [5.74, 6) is 6.14. The second-order valence-electron chi connectivity index (χ2n) is 8.96. The Labute approximate surface area is 207 Å². The van der Waals surface area contributed by atoms with Gasteiger partial charge in [0.1, 0.15) is 5.75 Å². The molecule has 0 atom stereocenters. The molecule has 9 heteroatoms. The highest BCUT2D eigenvalue weighted by molar-refractivity contribution is 7.90. The first-order valence-corrected chi connectivity index (χ1v) is 13.7. The molecule has 2 N–H and O–H groups in total. The van der Waals surface area contributed by atoms with Gasteiger partial charge in [-0.2, -0.15) is 0 Å². The van der Waals surface area contributed by atoms with Crippen molar-refractivity contribution in [2.24, 2.45) is 5.84 Å². The molecule has 2 heterocycles. The summed E-state index contributed by atoms with van der Waals surface area (Å²) >= 11 is 0. The molecule has 1 amide bonds. The number of hydrogen-bond donors (Lipinski definition) is 1. The van der Waals surface area contributed by atoms with Crippen molar-refractivity contribution in [3.05, 3.63) is 60.3 Å². The molecule has 1 aromatic heterocycles. The number of carbonyl (C=O) groups is 1. The van der Waals surface area contributed by atoms with E-state index in [1.807, 2.05) is 13.0 Å². The van der Waals surface area contributed by atoms with E-state index in [2.05, 4.69) is 4.90 Å². The molecule has 0 aliphatic carbocycles. The van der Waals surface area contributed by atoms with Gasteiger partial charge >= 0.3 is 0 Å². The van der Waals surface area contributed by atoms with E-state index in [1.54, 1.807) is 24.4 Å². The van der Waals surface area contributed by atoms with Crippen LogP contribution in [0.4, 0.5) is 0 Å². The summed E-state index contributed by atoms with van der Waals surface area (Å²) in [6.07, 6.45) is 7.14. The fourth-order valence-corrected chi connectivity index (χ4v) is 5.80.